The summed E-state index contributed by atoms with van der Waals surface area (Å²) in [4.78, 5) is 28.4. The molecule has 1 N–H and O–H groups in total. The summed E-state index contributed by atoms with van der Waals surface area (Å²) in [6, 6.07) is 8.71. The maximum absolute atomic E-state index is 14.5. The largest absolute Gasteiger partial charge is 0.341 e. The number of hydrogen-bond donors (Lipinski definition) is 1. The van der Waals surface area contributed by atoms with Gasteiger partial charge in [-0.25, -0.2) is 13.8 Å². The van der Waals surface area contributed by atoms with E-state index in [2.05, 4.69) is 32.1 Å². The van der Waals surface area contributed by atoms with Crippen molar-refractivity contribution in [1.82, 2.24) is 19.8 Å². The fraction of sp³-hybridized carbons (Fsp3) is 0.423. The number of fused-ring (bicyclic) bond motifs is 1. The number of rotatable bonds is 5. The molecular formula is C26H29ClF2N6OS. The van der Waals surface area contributed by atoms with Gasteiger partial charge in [0.25, 0.3) is 5.24 Å². The molecule has 5 rings (SSSR count). The van der Waals surface area contributed by atoms with E-state index in [1.54, 1.807) is 12.1 Å². The molecule has 196 valence electrons. The van der Waals surface area contributed by atoms with E-state index in [1.165, 1.54) is 36.0 Å². The third-order valence-electron chi connectivity index (χ3n) is 7.10. The van der Waals surface area contributed by atoms with Gasteiger partial charge in [-0.15, -0.1) is 0 Å². The van der Waals surface area contributed by atoms with Crippen LogP contribution in [-0.2, 0) is 0 Å². The first-order chi connectivity index (χ1) is 17.8. The van der Waals surface area contributed by atoms with Crippen molar-refractivity contribution in [2.24, 2.45) is 0 Å². The summed E-state index contributed by atoms with van der Waals surface area (Å²) in [5.74, 6) is -0.177. The molecule has 0 radical (unpaired) electrons. The maximum atomic E-state index is 14.5. The molecule has 0 spiro atoms. The van der Waals surface area contributed by atoms with Crippen LogP contribution in [0.4, 0.5) is 31.0 Å². The van der Waals surface area contributed by atoms with Crippen LogP contribution in [0.1, 0.15) is 25.7 Å². The van der Waals surface area contributed by atoms with Crippen molar-refractivity contribution in [2.45, 2.75) is 37.1 Å². The lowest BCUT2D eigenvalue weighted by Gasteiger charge is -2.37. The van der Waals surface area contributed by atoms with Crippen molar-refractivity contribution >= 4 is 57.0 Å². The molecule has 3 heterocycles. The zero-order chi connectivity index (χ0) is 26.1. The van der Waals surface area contributed by atoms with Crippen LogP contribution >= 0.6 is 23.4 Å². The Balaban J connectivity index is 1.32. The first-order valence-electron chi connectivity index (χ1n) is 12.4. The van der Waals surface area contributed by atoms with Gasteiger partial charge in [-0.1, -0.05) is 11.6 Å². The van der Waals surface area contributed by atoms with Crippen LogP contribution in [0.2, 0.25) is 5.02 Å². The smallest absolute Gasteiger partial charge is 0.283 e. The minimum Gasteiger partial charge on any atom is -0.341 e. The summed E-state index contributed by atoms with van der Waals surface area (Å²) in [6.07, 6.45) is 3.73. The van der Waals surface area contributed by atoms with Crippen molar-refractivity contribution in [3.05, 3.63) is 53.1 Å². The molecule has 1 unspecified atom stereocenters. The molecule has 1 aromatic heterocycles. The molecule has 2 aliphatic heterocycles. The van der Waals surface area contributed by atoms with Crippen LogP contribution in [-0.4, -0.2) is 70.2 Å². The van der Waals surface area contributed by atoms with E-state index in [1.807, 2.05) is 11.9 Å². The third kappa shape index (κ3) is 5.76. The Morgan fingerprint density at radius 3 is 2.59 bits per heavy atom. The number of hydrogen-bond acceptors (Lipinski definition) is 7. The van der Waals surface area contributed by atoms with Crippen molar-refractivity contribution < 1.29 is 13.6 Å². The Kier molecular flexibility index (Phi) is 7.69. The predicted molar refractivity (Wildman–Crippen MR) is 146 cm³/mol. The zero-order valence-corrected chi connectivity index (χ0v) is 22.3. The Morgan fingerprint density at radius 1 is 1.11 bits per heavy atom. The highest BCUT2D eigenvalue weighted by molar-refractivity contribution is 8.14. The van der Waals surface area contributed by atoms with Crippen LogP contribution in [0.3, 0.4) is 0 Å². The molecule has 2 aliphatic rings. The first kappa shape index (κ1) is 25.9. The van der Waals surface area contributed by atoms with E-state index >= 15 is 0 Å². The summed E-state index contributed by atoms with van der Waals surface area (Å²) in [7, 11) is 3.95. The number of nitrogens with zero attached hydrogens (tertiary/aromatic N) is 5. The summed E-state index contributed by atoms with van der Waals surface area (Å²) in [5, 5.41) is 4.08. The average Bonchev–Trinajstić information content (AvgIpc) is 3.29. The van der Waals surface area contributed by atoms with Crippen LogP contribution in [0, 0.1) is 11.6 Å². The average molecular weight is 547 g/mol. The zero-order valence-electron chi connectivity index (χ0n) is 20.8. The Hall–Kier alpha value is -2.69. The molecule has 37 heavy (non-hydrogen) atoms. The number of benzene rings is 2. The van der Waals surface area contributed by atoms with Gasteiger partial charge in [0.2, 0.25) is 5.95 Å². The second-order valence-electron chi connectivity index (χ2n) is 9.57. The molecule has 0 bridgehead atoms. The fourth-order valence-corrected chi connectivity index (χ4v) is 6.15. The van der Waals surface area contributed by atoms with Gasteiger partial charge >= 0.3 is 0 Å². The van der Waals surface area contributed by atoms with Crippen molar-refractivity contribution in [3.8, 4) is 0 Å². The molecule has 2 fully saturated rings. The van der Waals surface area contributed by atoms with E-state index in [0.29, 0.717) is 35.8 Å². The number of nitrogens with one attached hydrogen (secondary N) is 1. The minimum absolute atomic E-state index is 0.109. The van der Waals surface area contributed by atoms with Crippen molar-refractivity contribution in [2.75, 3.05) is 43.9 Å². The molecule has 2 saturated heterocycles. The van der Waals surface area contributed by atoms with E-state index in [9.17, 15) is 13.6 Å². The minimum atomic E-state index is -0.535. The van der Waals surface area contributed by atoms with Gasteiger partial charge in [0.15, 0.2) is 0 Å². The molecule has 7 nitrogen and oxygen atoms in total. The lowest BCUT2D eigenvalue weighted by molar-refractivity contribution is 0.203. The molecular weight excluding hydrogens is 518 g/mol. The van der Waals surface area contributed by atoms with Gasteiger partial charge in [-0.05, 0) is 87.4 Å². The van der Waals surface area contributed by atoms with E-state index in [-0.39, 0.29) is 27.4 Å². The monoisotopic (exact) mass is 546 g/mol. The number of anilines is 3. The first-order valence-corrected chi connectivity index (χ1v) is 13.6. The van der Waals surface area contributed by atoms with Crippen molar-refractivity contribution in [1.29, 1.82) is 0 Å². The second-order valence-corrected chi connectivity index (χ2v) is 11.1. The number of likely N-dealkylation sites (tertiary alicyclic amines) is 1. The molecule has 3 aromatic rings. The highest BCUT2D eigenvalue weighted by Gasteiger charge is 2.31. The van der Waals surface area contributed by atoms with Crippen LogP contribution in [0.25, 0.3) is 10.9 Å². The number of halogens is 3. The van der Waals surface area contributed by atoms with Gasteiger partial charge < -0.3 is 15.1 Å². The Labute approximate surface area is 224 Å². The van der Waals surface area contributed by atoms with Crippen molar-refractivity contribution in [3.63, 3.8) is 0 Å². The number of carbonyl (C=O) groups is 1. The molecule has 1 atom stereocenters. The third-order valence-corrected chi connectivity index (χ3v) is 8.70. The van der Waals surface area contributed by atoms with Gasteiger partial charge in [0.1, 0.15) is 17.5 Å². The van der Waals surface area contributed by atoms with Gasteiger partial charge in [0, 0.05) is 36.6 Å². The standard InChI is InChI=1S/C26H29ClF2N6OS/c1-33-11-3-4-23(33)37-26(36)34(2)18-9-12-35(13-10-18)25-31-21-8-6-17(28)15-19(21)24(32-25)30-22-7-5-16(27)14-20(22)29/h5-8,14-15,18,23H,3-4,9-13H2,1-2H3,(H,30,31,32). The number of amides is 1. The number of aromatic nitrogens is 2. The molecule has 1 amide bonds. The Bertz CT molecular complexity index is 1310. The number of piperidine rings is 1. The SMILES string of the molecule is CN1CCCC1SC(=O)N(C)C1CCN(c2nc(Nc3ccc(Cl)cc3F)c3cc(F)ccc3n2)CC1. The van der Waals surface area contributed by atoms with Crippen LogP contribution < -0.4 is 10.2 Å². The molecule has 0 saturated carbocycles. The summed E-state index contributed by atoms with van der Waals surface area (Å²) in [6.45, 7) is 2.36. The highest BCUT2D eigenvalue weighted by Crippen LogP contribution is 2.32. The van der Waals surface area contributed by atoms with E-state index < -0.39 is 11.6 Å². The van der Waals surface area contributed by atoms with Crippen LogP contribution in [0.5, 0.6) is 0 Å². The maximum Gasteiger partial charge on any atom is 0.283 e. The summed E-state index contributed by atoms with van der Waals surface area (Å²) < 4.78 is 28.5. The summed E-state index contributed by atoms with van der Waals surface area (Å²) >= 11 is 7.31. The van der Waals surface area contributed by atoms with Gasteiger partial charge in [-0.2, -0.15) is 4.98 Å². The lowest BCUT2D eigenvalue weighted by Crippen LogP contribution is -2.45. The molecule has 2 aromatic carbocycles. The summed E-state index contributed by atoms with van der Waals surface area (Å²) in [5.41, 5.74) is 0.735. The fourth-order valence-electron chi connectivity index (χ4n) is 4.87. The van der Waals surface area contributed by atoms with E-state index in [0.717, 1.165) is 32.2 Å². The highest BCUT2D eigenvalue weighted by atomic mass is 35.5. The van der Waals surface area contributed by atoms with Gasteiger partial charge in [-0.3, -0.25) is 9.69 Å². The lowest BCUT2D eigenvalue weighted by atomic mass is 10.0. The van der Waals surface area contributed by atoms with Crippen LogP contribution in [0.15, 0.2) is 36.4 Å². The van der Waals surface area contributed by atoms with E-state index in [4.69, 9.17) is 11.6 Å². The van der Waals surface area contributed by atoms with Gasteiger partial charge in [0.05, 0.1) is 16.6 Å². The number of carbonyl (C=O) groups excluding carboxylic acids is 1. The molecule has 0 aliphatic carbocycles. The number of thioether (sulfide) groups is 1. The normalized spacial score (nSPS) is 18.9. The topological polar surface area (TPSA) is 64.6 Å². The Morgan fingerprint density at radius 2 is 1.89 bits per heavy atom. The quantitative estimate of drug-likeness (QED) is 0.414. The second kappa shape index (κ2) is 11.0. The predicted octanol–water partition coefficient (Wildman–Crippen LogP) is 6.11. The molecule has 11 heteroatoms.